The Morgan fingerprint density at radius 1 is 1.06 bits per heavy atom. The highest BCUT2D eigenvalue weighted by atomic mass is 14.6. The minimum Gasteiger partial charge on any atom is -0.101 e. The zero-order valence-electron chi connectivity index (χ0n) is 23.9. The van der Waals surface area contributed by atoms with Crippen LogP contribution in [0.2, 0.25) is 0 Å². The summed E-state index contributed by atoms with van der Waals surface area (Å²) in [7, 11) is 0. The summed E-state index contributed by atoms with van der Waals surface area (Å²) < 4.78 is 0. The first-order chi connectivity index (χ1) is 16.1. The van der Waals surface area contributed by atoms with E-state index in [1.807, 2.05) is 6.92 Å². The van der Waals surface area contributed by atoms with Crippen LogP contribution >= 0.6 is 0 Å². The number of benzene rings is 1. The second-order valence-corrected chi connectivity index (χ2v) is 12.7. The molecule has 0 N–H and O–H groups in total. The zero-order chi connectivity index (χ0) is 26.2. The summed E-state index contributed by atoms with van der Waals surface area (Å²) in [5, 5.41) is 0. The summed E-state index contributed by atoms with van der Waals surface area (Å²) >= 11 is 0. The van der Waals surface area contributed by atoms with Crippen molar-refractivity contribution in [2.24, 2.45) is 16.2 Å². The predicted molar refractivity (Wildman–Crippen MR) is 153 cm³/mol. The maximum absolute atomic E-state index is 4.82. The van der Waals surface area contributed by atoms with Crippen LogP contribution in [-0.4, -0.2) is 0 Å². The van der Waals surface area contributed by atoms with Crippen LogP contribution in [0.1, 0.15) is 109 Å². The van der Waals surface area contributed by atoms with E-state index in [0.717, 1.165) is 30.4 Å². The number of fused-ring (bicyclic) bond motifs is 3. The second-order valence-electron chi connectivity index (χ2n) is 12.7. The lowest BCUT2D eigenvalue weighted by atomic mass is 9.41. The van der Waals surface area contributed by atoms with Crippen LogP contribution in [0.15, 0.2) is 59.2 Å². The molecule has 0 unspecified atom stereocenters. The van der Waals surface area contributed by atoms with Crippen molar-refractivity contribution in [2.75, 3.05) is 0 Å². The quantitative estimate of drug-likeness (QED) is 0.382. The molecule has 0 spiro atoms. The van der Waals surface area contributed by atoms with Gasteiger partial charge in [-0.3, -0.25) is 0 Å². The van der Waals surface area contributed by atoms with Gasteiger partial charge in [0.2, 0.25) is 0 Å². The summed E-state index contributed by atoms with van der Waals surface area (Å²) in [6, 6.07) is 2.36. The molecule has 1 aromatic carbocycles. The van der Waals surface area contributed by atoms with Gasteiger partial charge >= 0.3 is 0 Å². The van der Waals surface area contributed by atoms with Crippen LogP contribution in [0.25, 0.3) is 5.57 Å². The molecule has 0 aromatic heterocycles. The molecular formula is C35H44. The van der Waals surface area contributed by atoms with Gasteiger partial charge in [-0.25, -0.2) is 0 Å². The first-order valence-corrected chi connectivity index (χ1v) is 13.2. The normalized spacial score (nSPS) is 30.0. The highest BCUT2D eigenvalue weighted by Gasteiger charge is 2.59. The Balaban J connectivity index is 2.06. The van der Waals surface area contributed by atoms with E-state index >= 15 is 0 Å². The number of hydrogen-bond acceptors (Lipinski definition) is 0. The van der Waals surface area contributed by atoms with E-state index in [1.165, 1.54) is 55.7 Å². The largest absolute Gasteiger partial charge is 0.101 e. The second kappa shape index (κ2) is 8.00. The Bertz CT molecular complexity index is 1320. The lowest BCUT2D eigenvalue weighted by Crippen LogP contribution is -2.52. The van der Waals surface area contributed by atoms with Crippen molar-refractivity contribution < 1.29 is 0 Å². The van der Waals surface area contributed by atoms with Crippen LogP contribution in [-0.2, 0) is 6.42 Å². The first kappa shape index (κ1) is 25.6. The van der Waals surface area contributed by atoms with Crippen LogP contribution < -0.4 is 0 Å². The van der Waals surface area contributed by atoms with E-state index in [-0.39, 0.29) is 16.2 Å². The SMILES string of the molecule is C=C(C)C1=C(C)C[C@@]2(C)C[C@@]3(C)Cc4c(C(C)C)cc(C#CC)c(C)c4C(=C)C3=C(C)[C@@]2(C)C1=C. The fourth-order valence-electron chi connectivity index (χ4n) is 8.41. The molecular weight excluding hydrogens is 420 g/mol. The number of rotatable bonds is 2. The van der Waals surface area contributed by atoms with Crippen molar-refractivity contribution in [2.45, 2.75) is 94.4 Å². The zero-order valence-corrected chi connectivity index (χ0v) is 23.9. The summed E-state index contributed by atoms with van der Waals surface area (Å²) in [4.78, 5) is 0. The average molecular weight is 465 g/mol. The summed E-state index contributed by atoms with van der Waals surface area (Å²) in [6.07, 6.45) is 3.29. The molecule has 0 nitrogen and oxygen atoms in total. The Morgan fingerprint density at radius 3 is 2.23 bits per heavy atom. The van der Waals surface area contributed by atoms with Crippen LogP contribution in [0.3, 0.4) is 0 Å². The maximum Gasteiger partial charge on any atom is 0.0283 e. The molecule has 1 aromatic rings. The molecule has 0 fully saturated rings. The maximum atomic E-state index is 4.82. The van der Waals surface area contributed by atoms with Crippen molar-refractivity contribution in [1.29, 1.82) is 0 Å². The Kier molecular flexibility index (Phi) is 5.84. The Labute approximate surface area is 215 Å². The molecule has 0 saturated carbocycles. The van der Waals surface area contributed by atoms with Gasteiger partial charge < -0.3 is 0 Å². The molecule has 4 rings (SSSR count). The first-order valence-electron chi connectivity index (χ1n) is 13.2. The fourth-order valence-corrected chi connectivity index (χ4v) is 8.41. The van der Waals surface area contributed by atoms with Gasteiger partial charge in [-0.05, 0) is 121 Å². The fraction of sp³-hybridized carbons (Fsp3) is 0.486. The van der Waals surface area contributed by atoms with Crippen LogP contribution in [0.5, 0.6) is 0 Å². The minimum atomic E-state index is -0.119. The van der Waals surface area contributed by atoms with E-state index < -0.39 is 0 Å². The van der Waals surface area contributed by atoms with Crippen molar-refractivity contribution in [3.63, 3.8) is 0 Å². The van der Waals surface area contributed by atoms with Gasteiger partial charge in [-0.1, -0.05) is 77.0 Å². The smallest absolute Gasteiger partial charge is 0.0283 e. The van der Waals surface area contributed by atoms with Crippen molar-refractivity contribution in [3.8, 4) is 11.8 Å². The third-order valence-corrected chi connectivity index (χ3v) is 9.91. The highest BCUT2D eigenvalue weighted by Crippen LogP contribution is 2.70. The van der Waals surface area contributed by atoms with E-state index in [9.17, 15) is 0 Å². The van der Waals surface area contributed by atoms with E-state index in [2.05, 4.69) is 86.8 Å². The van der Waals surface area contributed by atoms with Gasteiger partial charge in [0.1, 0.15) is 0 Å². The number of hydrogen-bond donors (Lipinski definition) is 0. The van der Waals surface area contributed by atoms with Gasteiger partial charge in [0, 0.05) is 11.0 Å². The molecule has 0 heteroatoms. The third-order valence-electron chi connectivity index (χ3n) is 9.91. The summed E-state index contributed by atoms with van der Waals surface area (Å²) in [5.41, 5.74) is 16.0. The predicted octanol–water partition coefficient (Wildman–Crippen LogP) is 9.65. The van der Waals surface area contributed by atoms with Crippen molar-refractivity contribution in [3.05, 3.63) is 87.1 Å². The van der Waals surface area contributed by atoms with Gasteiger partial charge in [0.05, 0.1) is 0 Å². The van der Waals surface area contributed by atoms with E-state index in [0.29, 0.717) is 5.92 Å². The van der Waals surface area contributed by atoms with Crippen LogP contribution in [0.4, 0.5) is 0 Å². The minimum absolute atomic E-state index is 0.0533. The van der Waals surface area contributed by atoms with Gasteiger partial charge in [0.15, 0.2) is 0 Å². The Hall–Kier alpha value is -2.52. The molecule has 3 atom stereocenters. The van der Waals surface area contributed by atoms with Crippen molar-refractivity contribution >= 4 is 5.57 Å². The molecule has 184 valence electrons. The molecule has 0 bridgehead atoms. The lowest BCUT2D eigenvalue weighted by molar-refractivity contribution is 0.0543. The van der Waals surface area contributed by atoms with Gasteiger partial charge in [-0.15, -0.1) is 5.92 Å². The molecule has 0 amide bonds. The average Bonchev–Trinajstić information content (AvgIpc) is 2.72. The Morgan fingerprint density at radius 2 is 1.69 bits per heavy atom. The highest BCUT2D eigenvalue weighted by molar-refractivity contribution is 5.88. The lowest BCUT2D eigenvalue weighted by Gasteiger charge is -2.62. The van der Waals surface area contributed by atoms with Gasteiger partial charge in [-0.2, -0.15) is 0 Å². The summed E-state index contributed by atoms with van der Waals surface area (Å²) in [6.45, 7) is 36.9. The molecule has 3 aliphatic rings. The molecule has 3 aliphatic carbocycles. The number of allylic oxidation sites excluding steroid dienone is 7. The third kappa shape index (κ3) is 3.27. The van der Waals surface area contributed by atoms with E-state index in [4.69, 9.17) is 13.2 Å². The molecule has 0 heterocycles. The van der Waals surface area contributed by atoms with Gasteiger partial charge in [0.25, 0.3) is 0 Å². The topological polar surface area (TPSA) is 0 Å². The van der Waals surface area contributed by atoms with Crippen LogP contribution in [0, 0.1) is 35.0 Å². The monoisotopic (exact) mass is 464 g/mol. The van der Waals surface area contributed by atoms with Crippen molar-refractivity contribution in [1.82, 2.24) is 0 Å². The summed E-state index contributed by atoms with van der Waals surface area (Å²) in [5.74, 6) is 6.98. The standard InChI is InChI=1S/C35H44/c1-14-15-27-16-28(20(2)3)29-18-33(11)19-34(12)17-22(6)30(21(4)5)25(9)35(34,13)26(10)32(33)24(8)31(29)23(27)7/h16,20H,4,8-9,17-19H2,1-3,5-7,10-13H3/t33-,34+,35-/m1/s1. The molecule has 0 saturated heterocycles. The van der Waals surface area contributed by atoms with E-state index in [1.54, 1.807) is 0 Å². The molecule has 0 radical (unpaired) electrons. The molecule has 0 aliphatic heterocycles. The molecule has 35 heavy (non-hydrogen) atoms.